The summed E-state index contributed by atoms with van der Waals surface area (Å²) in [5.74, 6) is -0.127. The molecule has 0 unspecified atom stereocenters. The first-order chi connectivity index (χ1) is 15.8. The highest BCUT2D eigenvalue weighted by Gasteiger charge is 2.30. The molecule has 1 N–H and O–H groups in total. The second-order valence-electron chi connectivity index (χ2n) is 7.76. The van der Waals surface area contributed by atoms with Crippen LogP contribution in [0, 0.1) is 6.92 Å². The van der Waals surface area contributed by atoms with Gasteiger partial charge < -0.3 is 23.0 Å². The molecule has 0 spiro atoms. The van der Waals surface area contributed by atoms with E-state index in [4.69, 9.17) is 10.3 Å². The average Bonchev–Trinajstić information content (AvgIpc) is 3.11. The molecule has 0 saturated heterocycles. The minimum Gasteiger partial charge on any atom is -0.449 e. The van der Waals surface area contributed by atoms with Crippen LogP contribution in [-0.4, -0.2) is 19.7 Å². The lowest BCUT2D eigenvalue weighted by atomic mass is 9.75. The van der Waals surface area contributed by atoms with Crippen LogP contribution >= 0.6 is 0 Å². The van der Waals surface area contributed by atoms with Gasteiger partial charge in [-0.05, 0) is 46.3 Å². The SMILES string of the molecule is Cc1c(CNC(=O)OCC2c3ccccc3-c3ccccc32)cc(N=[N+]=[N-])cc1[B-](F)(F)F. The summed E-state index contributed by atoms with van der Waals surface area (Å²) in [6, 6.07) is 17.9. The summed E-state index contributed by atoms with van der Waals surface area (Å²) in [5, 5.41) is 5.79. The van der Waals surface area contributed by atoms with E-state index in [9.17, 15) is 17.7 Å². The number of hydrogen-bond acceptors (Lipinski definition) is 3. The van der Waals surface area contributed by atoms with Gasteiger partial charge in [-0.15, -0.1) is 5.46 Å². The van der Waals surface area contributed by atoms with Crippen molar-refractivity contribution in [1.29, 1.82) is 0 Å². The first-order valence-electron chi connectivity index (χ1n) is 10.3. The van der Waals surface area contributed by atoms with E-state index < -0.39 is 18.5 Å². The Balaban J connectivity index is 1.47. The Kier molecular flexibility index (Phi) is 6.02. The number of alkyl carbamates (subject to hydrolysis) is 1. The van der Waals surface area contributed by atoms with Crippen LogP contribution in [-0.2, 0) is 11.3 Å². The summed E-state index contributed by atoms with van der Waals surface area (Å²) in [5.41, 5.74) is 12.0. The Morgan fingerprint density at radius 2 is 1.70 bits per heavy atom. The van der Waals surface area contributed by atoms with Gasteiger partial charge in [0.25, 0.3) is 0 Å². The summed E-state index contributed by atoms with van der Waals surface area (Å²) in [7, 11) is 0. The van der Waals surface area contributed by atoms with E-state index in [1.165, 1.54) is 13.0 Å². The number of carbonyl (C=O) groups excluding carboxylic acids is 1. The third kappa shape index (κ3) is 4.51. The number of nitrogens with one attached hydrogen (secondary N) is 1. The van der Waals surface area contributed by atoms with Gasteiger partial charge in [0.1, 0.15) is 6.61 Å². The van der Waals surface area contributed by atoms with Crippen molar-refractivity contribution in [2.75, 3.05) is 6.61 Å². The fourth-order valence-corrected chi connectivity index (χ4v) is 4.23. The maximum absolute atomic E-state index is 13.4. The van der Waals surface area contributed by atoms with Gasteiger partial charge in [0.05, 0.1) is 0 Å². The lowest BCUT2D eigenvalue weighted by Crippen LogP contribution is -2.37. The molecule has 3 aromatic carbocycles. The first-order valence-corrected chi connectivity index (χ1v) is 10.3. The Bertz CT molecular complexity index is 1230. The smallest absolute Gasteiger partial charge is 0.449 e. The van der Waals surface area contributed by atoms with Gasteiger partial charge in [-0.25, -0.2) is 4.79 Å². The number of benzene rings is 3. The average molecular weight is 451 g/mol. The van der Waals surface area contributed by atoms with Crippen molar-refractivity contribution in [2.24, 2.45) is 5.11 Å². The van der Waals surface area contributed by atoms with Gasteiger partial charge in [0.2, 0.25) is 0 Å². The van der Waals surface area contributed by atoms with E-state index in [1.54, 1.807) is 0 Å². The fourth-order valence-electron chi connectivity index (χ4n) is 4.23. The molecule has 1 aliphatic carbocycles. The van der Waals surface area contributed by atoms with Crippen LogP contribution in [0.2, 0.25) is 0 Å². The van der Waals surface area contributed by atoms with Crippen LogP contribution in [0.5, 0.6) is 0 Å². The Morgan fingerprint density at radius 3 is 2.27 bits per heavy atom. The van der Waals surface area contributed by atoms with Crippen LogP contribution in [0.4, 0.5) is 23.4 Å². The monoisotopic (exact) mass is 451 g/mol. The zero-order valence-electron chi connectivity index (χ0n) is 17.6. The predicted molar refractivity (Wildman–Crippen MR) is 121 cm³/mol. The molecule has 168 valence electrons. The summed E-state index contributed by atoms with van der Waals surface area (Å²) < 4.78 is 45.6. The molecule has 0 aliphatic heterocycles. The van der Waals surface area contributed by atoms with Crippen molar-refractivity contribution in [1.82, 2.24) is 5.32 Å². The number of hydrogen-bond donors (Lipinski definition) is 1. The minimum atomic E-state index is -5.31. The van der Waals surface area contributed by atoms with Gasteiger partial charge in [-0.2, -0.15) is 0 Å². The van der Waals surface area contributed by atoms with Gasteiger partial charge in [-0.3, -0.25) is 0 Å². The highest BCUT2D eigenvalue weighted by molar-refractivity contribution is 6.74. The number of azide groups is 1. The molecule has 0 saturated carbocycles. The van der Waals surface area contributed by atoms with E-state index in [0.29, 0.717) is 0 Å². The van der Waals surface area contributed by atoms with Gasteiger partial charge in [-0.1, -0.05) is 65.3 Å². The number of nitrogens with zero attached hydrogens (tertiary/aromatic N) is 3. The lowest BCUT2D eigenvalue weighted by molar-refractivity contribution is 0.142. The molecule has 4 rings (SSSR count). The standard InChI is InChI=1S/C23H19BF3N4O2/c1-14-15(10-16(30-31-28)11-22(14)24(25,26)27)12-29-23(32)33-13-21-19-8-4-2-6-17(19)18-7-3-5-9-20(18)21/h2-11,21H,12-13H2,1H3,(H,29,32)/q-1. The number of ether oxygens (including phenoxy) is 1. The molecule has 0 bridgehead atoms. The Morgan fingerprint density at radius 1 is 1.09 bits per heavy atom. The molecule has 0 aromatic heterocycles. The first kappa shape index (κ1) is 22.3. The van der Waals surface area contributed by atoms with E-state index in [0.717, 1.165) is 28.3 Å². The lowest BCUT2D eigenvalue weighted by Gasteiger charge is -2.21. The van der Waals surface area contributed by atoms with Gasteiger partial charge >= 0.3 is 13.1 Å². The highest BCUT2D eigenvalue weighted by atomic mass is 19.4. The molecular weight excluding hydrogens is 432 g/mol. The quantitative estimate of drug-likeness (QED) is 0.215. The third-order valence-corrected chi connectivity index (χ3v) is 5.82. The predicted octanol–water partition coefficient (Wildman–Crippen LogP) is 6.03. The fraction of sp³-hybridized carbons (Fsp3) is 0.174. The van der Waals surface area contributed by atoms with Crippen LogP contribution in [0.3, 0.4) is 0 Å². The third-order valence-electron chi connectivity index (χ3n) is 5.82. The van der Waals surface area contributed by atoms with Crippen LogP contribution < -0.4 is 10.8 Å². The number of halogens is 3. The molecule has 0 radical (unpaired) electrons. The van der Waals surface area contributed by atoms with Crippen molar-refractivity contribution < 1.29 is 22.5 Å². The second kappa shape index (κ2) is 8.92. The number of fused-ring (bicyclic) bond motifs is 3. The summed E-state index contributed by atoms with van der Waals surface area (Å²) in [6.07, 6.45) is -0.746. The Hall–Kier alpha value is -3.91. The molecule has 6 nitrogen and oxygen atoms in total. The zero-order valence-corrected chi connectivity index (χ0v) is 17.6. The van der Waals surface area contributed by atoms with Crippen LogP contribution in [0.15, 0.2) is 65.8 Å². The molecule has 33 heavy (non-hydrogen) atoms. The number of rotatable bonds is 6. The van der Waals surface area contributed by atoms with E-state index in [-0.39, 0.29) is 35.9 Å². The maximum Gasteiger partial charge on any atom is 0.509 e. The molecule has 10 heteroatoms. The normalized spacial score (nSPS) is 12.5. The molecule has 1 aliphatic rings. The molecule has 0 atom stereocenters. The second-order valence-corrected chi connectivity index (χ2v) is 7.76. The van der Waals surface area contributed by atoms with E-state index in [2.05, 4.69) is 15.3 Å². The minimum absolute atomic E-state index is 0.0293. The topological polar surface area (TPSA) is 87.1 Å². The summed E-state index contributed by atoms with van der Waals surface area (Å²) >= 11 is 0. The van der Waals surface area contributed by atoms with Crippen LogP contribution in [0.25, 0.3) is 21.6 Å². The van der Waals surface area contributed by atoms with Crippen molar-refractivity contribution in [3.05, 3.63) is 93.4 Å². The highest BCUT2D eigenvalue weighted by Crippen LogP contribution is 2.44. The van der Waals surface area contributed by atoms with E-state index >= 15 is 0 Å². The van der Waals surface area contributed by atoms with Crippen LogP contribution in [0.1, 0.15) is 28.2 Å². The molecule has 0 fully saturated rings. The summed E-state index contributed by atoms with van der Waals surface area (Å²) in [6.45, 7) is -4.10. The van der Waals surface area contributed by atoms with Crippen molar-refractivity contribution in [3.8, 4) is 11.1 Å². The largest absolute Gasteiger partial charge is 0.509 e. The van der Waals surface area contributed by atoms with Crippen molar-refractivity contribution in [2.45, 2.75) is 19.4 Å². The van der Waals surface area contributed by atoms with Crippen molar-refractivity contribution in [3.63, 3.8) is 0 Å². The Labute approximate surface area is 188 Å². The maximum atomic E-state index is 13.4. The van der Waals surface area contributed by atoms with Gasteiger partial charge in [0.15, 0.2) is 0 Å². The van der Waals surface area contributed by atoms with Crippen molar-refractivity contribution >= 4 is 24.2 Å². The molecule has 3 aromatic rings. The summed E-state index contributed by atoms with van der Waals surface area (Å²) in [4.78, 5) is 14.9. The van der Waals surface area contributed by atoms with Gasteiger partial charge in [0, 0.05) is 23.1 Å². The molecular formula is C23H19BF3N4O2-. The zero-order chi connectivity index (χ0) is 23.6. The number of amides is 1. The molecule has 0 heterocycles. The molecule has 1 amide bonds. The number of carbonyl (C=O) groups is 1. The van der Waals surface area contributed by atoms with E-state index in [1.807, 2.05) is 48.5 Å².